The Labute approximate surface area is 90.4 Å². The molecule has 16 heavy (non-hydrogen) atoms. The number of para-hydroxylation sites is 1. The Morgan fingerprint density at radius 1 is 1.44 bits per heavy atom. The molecule has 0 amide bonds. The number of nitrogen functional groups attached to an aromatic ring is 1. The molecule has 2 rings (SSSR count). The van der Waals surface area contributed by atoms with Crippen molar-refractivity contribution in [3.05, 3.63) is 46.4 Å². The minimum absolute atomic E-state index is 0.129. The summed E-state index contributed by atoms with van der Waals surface area (Å²) in [4.78, 5) is 18.6. The van der Waals surface area contributed by atoms with Crippen LogP contribution < -0.4 is 11.4 Å². The molecule has 0 radical (unpaired) electrons. The summed E-state index contributed by atoms with van der Waals surface area (Å²) in [7, 11) is 0. The SMILES string of the molecule is Cc1cccc(F)c1-n1cnc(N)nc1=O. The minimum atomic E-state index is -0.652. The van der Waals surface area contributed by atoms with Crippen molar-refractivity contribution in [3.8, 4) is 5.69 Å². The zero-order chi connectivity index (χ0) is 11.7. The third-order valence-electron chi connectivity index (χ3n) is 2.15. The zero-order valence-electron chi connectivity index (χ0n) is 8.51. The molecule has 1 aromatic carbocycles. The van der Waals surface area contributed by atoms with Crippen LogP contribution in [0.3, 0.4) is 0 Å². The molecular weight excluding hydrogens is 211 g/mol. The summed E-state index contributed by atoms with van der Waals surface area (Å²) < 4.78 is 14.6. The highest BCUT2D eigenvalue weighted by Crippen LogP contribution is 2.15. The number of benzene rings is 1. The van der Waals surface area contributed by atoms with Crippen molar-refractivity contribution < 1.29 is 4.39 Å². The molecule has 82 valence electrons. The van der Waals surface area contributed by atoms with Gasteiger partial charge in [-0.3, -0.25) is 0 Å². The molecule has 0 aliphatic rings. The second-order valence-corrected chi connectivity index (χ2v) is 3.27. The van der Waals surface area contributed by atoms with Crippen molar-refractivity contribution in [3.63, 3.8) is 0 Å². The van der Waals surface area contributed by atoms with Crippen molar-refractivity contribution in [1.29, 1.82) is 0 Å². The number of halogens is 1. The number of rotatable bonds is 1. The van der Waals surface area contributed by atoms with Gasteiger partial charge in [0.1, 0.15) is 12.1 Å². The fraction of sp³-hybridized carbons (Fsp3) is 0.100. The van der Waals surface area contributed by atoms with E-state index in [9.17, 15) is 9.18 Å². The first-order valence-electron chi connectivity index (χ1n) is 4.56. The Balaban J connectivity index is 2.73. The van der Waals surface area contributed by atoms with Gasteiger partial charge in [-0.05, 0) is 18.6 Å². The molecule has 1 heterocycles. The normalized spacial score (nSPS) is 10.4. The van der Waals surface area contributed by atoms with Crippen molar-refractivity contribution in [2.24, 2.45) is 0 Å². The molecular formula is C10H9FN4O. The van der Waals surface area contributed by atoms with Crippen LogP contribution in [0.25, 0.3) is 5.69 Å². The van der Waals surface area contributed by atoms with Gasteiger partial charge in [-0.2, -0.15) is 4.98 Å². The molecule has 0 unspecified atom stereocenters. The van der Waals surface area contributed by atoms with E-state index < -0.39 is 11.5 Å². The van der Waals surface area contributed by atoms with Gasteiger partial charge in [0.25, 0.3) is 0 Å². The summed E-state index contributed by atoms with van der Waals surface area (Å²) in [6, 6.07) is 4.53. The second-order valence-electron chi connectivity index (χ2n) is 3.27. The molecule has 0 spiro atoms. The summed E-state index contributed by atoms with van der Waals surface area (Å²) in [6.45, 7) is 1.70. The van der Waals surface area contributed by atoms with E-state index in [1.165, 1.54) is 6.07 Å². The maximum atomic E-state index is 13.6. The molecule has 0 saturated carbocycles. The average molecular weight is 220 g/mol. The quantitative estimate of drug-likeness (QED) is 0.766. The molecule has 2 aromatic rings. The Morgan fingerprint density at radius 3 is 2.81 bits per heavy atom. The van der Waals surface area contributed by atoms with Gasteiger partial charge in [-0.1, -0.05) is 12.1 Å². The Morgan fingerprint density at radius 2 is 2.19 bits per heavy atom. The zero-order valence-corrected chi connectivity index (χ0v) is 8.51. The number of nitrogens with zero attached hydrogens (tertiary/aromatic N) is 3. The third kappa shape index (κ3) is 1.65. The summed E-state index contributed by atoms with van der Waals surface area (Å²) in [6.07, 6.45) is 1.16. The van der Waals surface area contributed by atoms with E-state index in [1.54, 1.807) is 19.1 Å². The van der Waals surface area contributed by atoms with Crippen LogP contribution in [0.5, 0.6) is 0 Å². The topological polar surface area (TPSA) is 73.8 Å². The number of anilines is 1. The number of aromatic nitrogens is 3. The van der Waals surface area contributed by atoms with Crippen molar-refractivity contribution >= 4 is 5.95 Å². The van der Waals surface area contributed by atoms with Crippen LogP contribution in [0.2, 0.25) is 0 Å². The largest absolute Gasteiger partial charge is 0.368 e. The van der Waals surface area contributed by atoms with Crippen LogP contribution in [-0.4, -0.2) is 14.5 Å². The van der Waals surface area contributed by atoms with Crippen LogP contribution in [0.1, 0.15) is 5.56 Å². The standard InChI is InChI=1S/C10H9FN4O/c1-6-3-2-4-7(11)8(6)15-5-13-9(12)14-10(15)16/h2-5H,1H3,(H2,12,14,16). The Bertz CT molecular complexity index is 573. The summed E-state index contributed by atoms with van der Waals surface area (Å²) in [5.74, 6) is -0.634. The molecule has 0 fully saturated rings. The first-order chi connectivity index (χ1) is 7.59. The van der Waals surface area contributed by atoms with Gasteiger partial charge in [0.2, 0.25) is 5.95 Å². The van der Waals surface area contributed by atoms with Crippen LogP contribution in [0.4, 0.5) is 10.3 Å². The number of aryl methyl sites for hydroxylation is 1. The molecule has 1 aromatic heterocycles. The van der Waals surface area contributed by atoms with Crippen LogP contribution in [0, 0.1) is 12.7 Å². The highest BCUT2D eigenvalue weighted by Gasteiger charge is 2.10. The number of hydrogen-bond donors (Lipinski definition) is 1. The van der Waals surface area contributed by atoms with E-state index in [0.717, 1.165) is 10.9 Å². The van der Waals surface area contributed by atoms with Crippen molar-refractivity contribution in [2.45, 2.75) is 6.92 Å². The molecule has 0 saturated heterocycles. The maximum absolute atomic E-state index is 13.6. The van der Waals surface area contributed by atoms with Gasteiger partial charge in [0.05, 0.1) is 5.69 Å². The van der Waals surface area contributed by atoms with Crippen molar-refractivity contribution in [2.75, 3.05) is 5.73 Å². The lowest BCUT2D eigenvalue weighted by Gasteiger charge is -2.08. The van der Waals surface area contributed by atoms with Crippen molar-refractivity contribution in [1.82, 2.24) is 14.5 Å². The van der Waals surface area contributed by atoms with Crippen LogP contribution in [0.15, 0.2) is 29.3 Å². The molecule has 2 N–H and O–H groups in total. The lowest BCUT2D eigenvalue weighted by atomic mass is 10.2. The monoisotopic (exact) mass is 220 g/mol. The first-order valence-corrected chi connectivity index (χ1v) is 4.56. The summed E-state index contributed by atoms with van der Waals surface area (Å²) in [5, 5.41) is 0. The fourth-order valence-electron chi connectivity index (χ4n) is 1.43. The number of hydrogen-bond acceptors (Lipinski definition) is 4. The predicted molar refractivity (Wildman–Crippen MR) is 56.7 cm³/mol. The van der Waals surface area contributed by atoms with E-state index >= 15 is 0 Å². The van der Waals surface area contributed by atoms with Gasteiger partial charge in [-0.15, -0.1) is 0 Å². The minimum Gasteiger partial charge on any atom is -0.368 e. The van der Waals surface area contributed by atoms with Gasteiger partial charge in [-0.25, -0.2) is 18.7 Å². The summed E-state index contributed by atoms with van der Waals surface area (Å²) >= 11 is 0. The Hall–Kier alpha value is -2.24. The predicted octanol–water partition coefficient (Wildman–Crippen LogP) is 0.657. The van der Waals surface area contributed by atoms with Gasteiger partial charge in [0, 0.05) is 0 Å². The van der Waals surface area contributed by atoms with Gasteiger partial charge < -0.3 is 5.73 Å². The molecule has 0 aliphatic heterocycles. The van der Waals surface area contributed by atoms with E-state index in [2.05, 4.69) is 9.97 Å². The smallest absolute Gasteiger partial charge is 0.356 e. The van der Waals surface area contributed by atoms with E-state index in [-0.39, 0.29) is 11.6 Å². The van der Waals surface area contributed by atoms with Crippen LogP contribution in [-0.2, 0) is 0 Å². The van der Waals surface area contributed by atoms with Gasteiger partial charge >= 0.3 is 5.69 Å². The van der Waals surface area contributed by atoms with E-state index in [0.29, 0.717) is 5.56 Å². The maximum Gasteiger partial charge on any atom is 0.356 e. The Kier molecular flexibility index (Phi) is 2.40. The first kappa shape index (κ1) is 10.3. The highest BCUT2D eigenvalue weighted by molar-refractivity contribution is 5.41. The molecule has 6 heteroatoms. The summed E-state index contributed by atoms with van der Waals surface area (Å²) in [5.41, 5.74) is 5.37. The lowest BCUT2D eigenvalue weighted by molar-refractivity contribution is 0.611. The van der Waals surface area contributed by atoms with E-state index in [1.807, 2.05) is 0 Å². The van der Waals surface area contributed by atoms with E-state index in [4.69, 9.17) is 5.73 Å². The number of nitrogens with two attached hydrogens (primary N) is 1. The fourth-order valence-corrected chi connectivity index (χ4v) is 1.43. The second kappa shape index (κ2) is 3.73. The van der Waals surface area contributed by atoms with Crippen LogP contribution >= 0.6 is 0 Å². The highest BCUT2D eigenvalue weighted by atomic mass is 19.1. The molecule has 0 atom stereocenters. The lowest BCUT2D eigenvalue weighted by Crippen LogP contribution is -2.24. The average Bonchev–Trinajstić information content (AvgIpc) is 2.20. The molecule has 5 nitrogen and oxygen atoms in total. The molecule has 0 bridgehead atoms. The molecule has 0 aliphatic carbocycles. The third-order valence-corrected chi connectivity index (χ3v) is 2.15. The van der Waals surface area contributed by atoms with Gasteiger partial charge in [0.15, 0.2) is 0 Å².